The first-order valence-corrected chi connectivity index (χ1v) is 6.80. The van der Waals surface area contributed by atoms with Crippen molar-refractivity contribution in [1.82, 2.24) is 5.32 Å². The Hall–Kier alpha value is -1.08. The van der Waals surface area contributed by atoms with Crippen molar-refractivity contribution in [2.45, 2.75) is 47.1 Å². The molecule has 0 saturated carbocycles. The summed E-state index contributed by atoms with van der Waals surface area (Å²) >= 11 is 0. The molecule has 18 heavy (non-hydrogen) atoms. The van der Waals surface area contributed by atoms with Gasteiger partial charge in [-0.1, -0.05) is 45.0 Å². The predicted octanol–water partition coefficient (Wildman–Crippen LogP) is 4.04. The van der Waals surface area contributed by atoms with Crippen molar-refractivity contribution < 1.29 is 0 Å². The molecular weight excluding hydrogens is 218 g/mol. The molecule has 1 heteroatoms. The molecule has 1 nitrogen and oxygen atoms in total. The first-order chi connectivity index (χ1) is 8.38. The summed E-state index contributed by atoms with van der Waals surface area (Å²) in [4.78, 5) is 0. The summed E-state index contributed by atoms with van der Waals surface area (Å²) in [7, 11) is 0. The maximum atomic E-state index is 4.03. The number of nitrogens with one attached hydrogen (secondary N) is 1. The van der Waals surface area contributed by atoms with Crippen molar-refractivity contribution in [2.75, 3.05) is 6.54 Å². The van der Waals surface area contributed by atoms with Gasteiger partial charge in [-0.3, -0.25) is 0 Å². The van der Waals surface area contributed by atoms with Crippen LogP contribution in [-0.2, 0) is 6.42 Å². The zero-order valence-electron chi connectivity index (χ0n) is 12.5. The summed E-state index contributed by atoms with van der Waals surface area (Å²) < 4.78 is 0. The van der Waals surface area contributed by atoms with Crippen molar-refractivity contribution in [2.24, 2.45) is 5.41 Å². The first-order valence-electron chi connectivity index (χ1n) is 6.80. The van der Waals surface area contributed by atoms with Gasteiger partial charge < -0.3 is 5.32 Å². The van der Waals surface area contributed by atoms with Crippen molar-refractivity contribution >= 4 is 0 Å². The van der Waals surface area contributed by atoms with Crippen molar-refractivity contribution in [1.29, 1.82) is 0 Å². The maximum absolute atomic E-state index is 4.03. The topological polar surface area (TPSA) is 12.0 Å². The molecule has 0 aliphatic heterocycles. The van der Waals surface area contributed by atoms with Crippen LogP contribution in [0.25, 0.3) is 0 Å². The van der Waals surface area contributed by atoms with Gasteiger partial charge in [-0.25, -0.2) is 0 Å². The highest BCUT2D eigenvalue weighted by molar-refractivity contribution is 5.35. The van der Waals surface area contributed by atoms with Gasteiger partial charge in [0.25, 0.3) is 0 Å². The summed E-state index contributed by atoms with van der Waals surface area (Å²) in [5.41, 5.74) is 4.34. The fourth-order valence-electron chi connectivity index (χ4n) is 2.18. The largest absolute Gasteiger partial charge is 0.314 e. The lowest BCUT2D eigenvalue weighted by atomic mass is 9.81. The summed E-state index contributed by atoms with van der Waals surface area (Å²) in [6, 6.07) is 7.04. The van der Waals surface area contributed by atoms with Crippen LogP contribution >= 0.6 is 0 Å². The molecule has 1 rings (SSSR count). The lowest BCUT2D eigenvalue weighted by Crippen LogP contribution is -2.36. The summed E-state index contributed by atoms with van der Waals surface area (Å²) in [6.07, 6.45) is 3.14. The van der Waals surface area contributed by atoms with E-state index >= 15 is 0 Å². The second-order valence-electron chi connectivity index (χ2n) is 5.94. The summed E-state index contributed by atoms with van der Waals surface area (Å²) in [5, 5.41) is 3.52. The quantitative estimate of drug-likeness (QED) is 0.746. The van der Waals surface area contributed by atoms with Gasteiger partial charge in [0.05, 0.1) is 0 Å². The SMILES string of the molecule is C=CC(C)(CNC(C)C)Cc1c(C)cccc1C. The van der Waals surface area contributed by atoms with Gasteiger partial charge in [-0.15, -0.1) is 6.58 Å². The molecule has 0 heterocycles. The Morgan fingerprint density at radius 2 is 1.83 bits per heavy atom. The maximum Gasteiger partial charge on any atom is 0.00453 e. The Bertz CT molecular complexity index is 386. The van der Waals surface area contributed by atoms with Crippen LogP contribution in [0.3, 0.4) is 0 Å². The van der Waals surface area contributed by atoms with Crippen molar-refractivity contribution in [3.8, 4) is 0 Å². The van der Waals surface area contributed by atoms with Crippen molar-refractivity contribution in [3.05, 3.63) is 47.5 Å². The van der Waals surface area contributed by atoms with E-state index in [9.17, 15) is 0 Å². The van der Waals surface area contributed by atoms with Gasteiger partial charge >= 0.3 is 0 Å². The Balaban J connectivity index is 2.88. The molecule has 1 atom stereocenters. The fraction of sp³-hybridized carbons (Fsp3) is 0.529. The van der Waals surface area contributed by atoms with Gasteiger partial charge in [0.1, 0.15) is 0 Å². The van der Waals surface area contributed by atoms with Crippen LogP contribution in [0.4, 0.5) is 0 Å². The number of hydrogen-bond donors (Lipinski definition) is 1. The average Bonchev–Trinajstić information content (AvgIpc) is 2.32. The number of benzene rings is 1. The van der Waals surface area contributed by atoms with Crippen LogP contribution < -0.4 is 5.32 Å². The van der Waals surface area contributed by atoms with E-state index in [1.54, 1.807) is 0 Å². The number of aryl methyl sites for hydroxylation is 2. The highest BCUT2D eigenvalue weighted by atomic mass is 14.9. The molecule has 1 unspecified atom stereocenters. The Morgan fingerprint density at radius 1 is 1.28 bits per heavy atom. The fourth-order valence-corrected chi connectivity index (χ4v) is 2.18. The number of hydrogen-bond acceptors (Lipinski definition) is 1. The average molecular weight is 245 g/mol. The molecule has 0 aliphatic rings. The standard InChI is InChI=1S/C17H27N/c1-7-17(6,12-18-13(2)3)11-16-14(4)9-8-10-15(16)5/h7-10,13,18H,1,11-12H2,2-6H3. The van der Waals surface area contributed by atoms with Gasteiger partial charge in [0.15, 0.2) is 0 Å². The smallest absolute Gasteiger partial charge is 0.00453 e. The highest BCUT2D eigenvalue weighted by Crippen LogP contribution is 2.27. The summed E-state index contributed by atoms with van der Waals surface area (Å²) in [6.45, 7) is 16.0. The minimum atomic E-state index is 0.112. The van der Waals surface area contributed by atoms with E-state index in [1.807, 2.05) is 0 Å². The lowest BCUT2D eigenvalue weighted by Gasteiger charge is -2.29. The second kappa shape index (κ2) is 6.19. The summed E-state index contributed by atoms with van der Waals surface area (Å²) in [5.74, 6) is 0. The van der Waals surface area contributed by atoms with Crippen LogP contribution in [0, 0.1) is 19.3 Å². The van der Waals surface area contributed by atoms with Crippen molar-refractivity contribution in [3.63, 3.8) is 0 Å². The van der Waals surface area contributed by atoms with Crippen LogP contribution in [0.2, 0.25) is 0 Å². The van der Waals surface area contributed by atoms with E-state index in [2.05, 4.69) is 70.8 Å². The molecule has 0 saturated heterocycles. The molecule has 100 valence electrons. The van der Waals surface area contributed by atoms with Crippen LogP contribution in [0.1, 0.15) is 37.5 Å². The molecule has 0 aliphatic carbocycles. The van der Waals surface area contributed by atoms with Gasteiger partial charge in [0.2, 0.25) is 0 Å². The third kappa shape index (κ3) is 3.99. The van der Waals surface area contributed by atoms with Gasteiger partial charge in [-0.05, 0) is 37.0 Å². The minimum absolute atomic E-state index is 0.112. The predicted molar refractivity (Wildman–Crippen MR) is 81.1 cm³/mol. The van der Waals surface area contributed by atoms with E-state index in [1.165, 1.54) is 16.7 Å². The van der Waals surface area contributed by atoms with Crippen LogP contribution in [0.15, 0.2) is 30.9 Å². The van der Waals surface area contributed by atoms with E-state index in [4.69, 9.17) is 0 Å². The Morgan fingerprint density at radius 3 is 2.28 bits per heavy atom. The first kappa shape index (κ1) is 15.0. The molecule has 0 amide bonds. The molecular formula is C17H27N. The molecule has 0 spiro atoms. The zero-order valence-corrected chi connectivity index (χ0v) is 12.5. The Kier molecular flexibility index (Phi) is 5.15. The molecule has 0 fully saturated rings. The van der Waals surface area contributed by atoms with E-state index in [-0.39, 0.29) is 5.41 Å². The third-order valence-electron chi connectivity index (χ3n) is 3.63. The molecule has 1 aromatic carbocycles. The van der Waals surface area contributed by atoms with Crippen LogP contribution in [0.5, 0.6) is 0 Å². The number of rotatable bonds is 6. The molecule has 1 aromatic rings. The van der Waals surface area contributed by atoms with E-state index < -0.39 is 0 Å². The highest BCUT2D eigenvalue weighted by Gasteiger charge is 2.22. The monoisotopic (exact) mass is 245 g/mol. The lowest BCUT2D eigenvalue weighted by molar-refractivity contribution is 0.372. The molecule has 0 aromatic heterocycles. The van der Waals surface area contributed by atoms with Crippen LogP contribution in [-0.4, -0.2) is 12.6 Å². The normalized spacial score (nSPS) is 14.6. The third-order valence-corrected chi connectivity index (χ3v) is 3.63. The van der Waals surface area contributed by atoms with Gasteiger partial charge in [0, 0.05) is 18.0 Å². The molecule has 1 N–H and O–H groups in total. The van der Waals surface area contributed by atoms with Gasteiger partial charge in [-0.2, -0.15) is 0 Å². The second-order valence-corrected chi connectivity index (χ2v) is 5.94. The zero-order chi connectivity index (χ0) is 13.8. The van der Waals surface area contributed by atoms with E-state index in [0.29, 0.717) is 6.04 Å². The minimum Gasteiger partial charge on any atom is -0.314 e. The molecule has 0 radical (unpaired) electrons. The molecule has 0 bridgehead atoms. The van der Waals surface area contributed by atoms with E-state index in [0.717, 1.165) is 13.0 Å². The Labute approximate surface area is 112 Å².